The Labute approximate surface area is 119 Å². The molecule has 0 aliphatic carbocycles. The number of hydrogen-bond acceptors (Lipinski definition) is 3. The summed E-state index contributed by atoms with van der Waals surface area (Å²) in [5.41, 5.74) is 0.00571. The number of nitrogens with zero attached hydrogens (tertiary/aromatic N) is 1. The maximum atomic E-state index is 13.1. The average molecular weight is 288 g/mol. The molecular weight excluding hydrogens is 278 g/mol. The monoisotopic (exact) mass is 288 g/mol. The van der Waals surface area contributed by atoms with Gasteiger partial charge in [0.2, 0.25) is 0 Å². The van der Waals surface area contributed by atoms with Gasteiger partial charge in [-0.25, -0.2) is 8.78 Å². The zero-order valence-corrected chi connectivity index (χ0v) is 10.8. The molecule has 1 amide bonds. The van der Waals surface area contributed by atoms with E-state index < -0.39 is 17.5 Å². The van der Waals surface area contributed by atoms with Crippen molar-refractivity contribution in [1.29, 1.82) is 5.26 Å². The molecule has 0 atom stereocenters. The number of hydrogen-bond donors (Lipinski definition) is 1. The van der Waals surface area contributed by atoms with Crippen LogP contribution in [0, 0.1) is 23.0 Å². The molecule has 0 saturated carbocycles. The Hall–Kier alpha value is -2.94. The van der Waals surface area contributed by atoms with Crippen molar-refractivity contribution in [1.82, 2.24) is 5.32 Å². The molecule has 0 saturated heterocycles. The van der Waals surface area contributed by atoms with Gasteiger partial charge in [-0.05, 0) is 35.9 Å². The van der Waals surface area contributed by atoms with Gasteiger partial charge in [0.05, 0.1) is 12.8 Å². The summed E-state index contributed by atoms with van der Waals surface area (Å²) in [6.07, 6.45) is 2.64. The fraction of sp³-hybridized carbons (Fsp3) is 0.0667. The molecule has 2 aromatic rings. The summed E-state index contributed by atoms with van der Waals surface area (Å²) in [5.74, 6) is -2.13. The molecule has 6 heteroatoms. The molecule has 1 N–H and O–H groups in total. The summed E-state index contributed by atoms with van der Waals surface area (Å²) in [4.78, 5) is 11.8. The van der Waals surface area contributed by atoms with Gasteiger partial charge in [-0.3, -0.25) is 4.79 Å². The van der Waals surface area contributed by atoms with Crippen LogP contribution in [0.25, 0.3) is 6.08 Å². The first-order valence-electron chi connectivity index (χ1n) is 5.97. The van der Waals surface area contributed by atoms with Gasteiger partial charge in [0.15, 0.2) is 11.6 Å². The van der Waals surface area contributed by atoms with E-state index in [9.17, 15) is 13.6 Å². The van der Waals surface area contributed by atoms with Gasteiger partial charge >= 0.3 is 0 Å². The van der Waals surface area contributed by atoms with Gasteiger partial charge in [0.25, 0.3) is 5.91 Å². The Kier molecular flexibility index (Phi) is 4.46. The number of furan rings is 1. The number of carbonyl (C=O) groups is 1. The molecule has 0 unspecified atom stereocenters. The lowest BCUT2D eigenvalue weighted by Gasteiger charge is -2.02. The predicted octanol–water partition coefficient (Wildman–Crippen LogP) is 2.78. The fourth-order valence-electron chi connectivity index (χ4n) is 1.59. The van der Waals surface area contributed by atoms with Crippen LogP contribution in [-0.4, -0.2) is 5.91 Å². The van der Waals surface area contributed by atoms with E-state index in [2.05, 4.69) is 5.32 Å². The maximum absolute atomic E-state index is 13.1. The molecule has 1 heterocycles. The highest BCUT2D eigenvalue weighted by molar-refractivity contribution is 6.01. The molecule has 0 radical (unpaired) electrons. The first-order chi connectivity index (χ1) is 10.1. The highest BCUT2D eigenvalue weighted by Gasteiger charge is 2.10. The molecule has 0 aliphatic heterocycles. The molecule has 0 aliphatic rings. The van der Waals surface area contributed by atoms with E-state index in [-0.39, 0.29) is 17.7 Å². The van der Waals surface area contributed by atoms with Crippen LogP contribution < -0.4 is 5.32 Å². The zero-order chi connectivity index (χ0) is 15.2. The summed E-state index contributed by atoms with van der Waals surface area (Å²) in [6.45, 7) is 0.128. The number of rotatable bonds is 4. The van der Waals surface area contributed by atoms with E-state index in [1.807, 2.05) is 0 Å². The van der Waals surface area contributed by atoms with E-state index in [0.29, 0.717) is 5.76 Å². The average Bonchev–Trinajstić information content (AvgIpc) is 2.99. The smallest absolute Gasteiger partial charge is 0.262 e. The third-order valence-corrected chi connectivity index (χ3v) is 2.62. The van der Waals surface area contributed by atoms with Crippen molar-refractivity contribution in [2.45, 2.75) is 6.54 Å². The Morgan fingerprint density at radius 1 is 1.33 bits per heavy atom. The molecule has 4 nitrogen and oxygen atoms in total. The third-order valence-electron chi connectivity index (χ3n) is 2.62. The van der Waals surface area contributed by atoms with E-state index >= 15 is 0 Å². The van der Waals surface area contributed by atoms with Gasteiger partial charge in [-0.1, -0.05) is 6.07 Å². The standard InChI is InChI=1S/C15H10F2N2O2/c16-13-4-3-10(7-14(13)17)6-11(8-18)15(20)19-9-12-2-1-5-21-12/h1-7H,9H2,(H,19,20)/b11-6+. The number of nitrogens with one attached hydrogen (secondary N) is 1. The molecular formula is C15H10F2N2O2. The van der Waals surface area contributed by atoms with Crippen molar-refractivity contribution in [3.63, 3.8) is 0 Å². The summed E-state index contributed by atoms with van der Waals surface area (Å²) < 4.78 is 30.9. The molecule has 2 rings (SSSR count). The van der Waals surface area contributed by atoms with Crippen LogP contribution in [0.3, 0.4) is 0 Å². The van der Waals surface area contributed by atoms with Gasteiger partial charge in [0, 0.05) is 0 Å². The SMILES string of the molecule is N#C/C(=C\c1ccc(F)c(F)c1)C(=O)NCc1ccco1. The highest BCUT2D eigenvalue weighted by Crippen LogP contribution is 2.12. The largest absolute Gasteiger partial charge is 0.467 e. The second-order valence-corrected chi connectivity index (χ2v) is 4.11. The van der Waals surface area contributed by atoms with Crippen LogP contribution in [0.15, 0.2) is 46.6 Å². The zero-order valence-electron chi connectivity index (χ0n) is 10.8. The van der Waals surface area contributed by atoms with E-state index in [0.717, 1.165) is 12.1 Å². The van der Waals surface area contributed by atoms with Crippen molar-refractivity contribution in [3.8, 4) is 6.07 Å². The van der Waals surface area contributed by atoms with Gasteiger partial charge in [-0.15, -0.1) is 0 Å². The number of benzene rings is 1. The molecule has 0 bridgehead atoms. The first kappa shape index (κ1) is 14.5. The Morgan fingerprint density at radius 3 is 2.76 bits per heavy atom. The molecule has 21 heavy (non-hydrogen) atoms. The van der Waals surface area contributed by atoms with Crippen LogP contribution in [-0.2, 0) is 11.3 Å². The number of carbonyl (C=O) groups excluding carboxylic acids is 1. The lowest BCUT2D eigenvalue weighted by Crippen LogP contribution is -2.23. The van der Waals surface area contributed by atoms with Crippen molar-refractivity contribution >= 4 is 12.0 Å². The minimum absolute atomic E-state index is 0.128. The quantitative estimate of drug-likeness (QED) is 0.695. The van der Waals surface area contributed by atoms with Gasteiger partial charge in [0.1, 0.15) is 17.4 Å². The summed E-state index contributed by atoms with van der Waals surface area (Å²) in [6, 6.07) is 8.17. The van der Waals surface area contributed by atoms with Crippen LogP contribution in [0.1, 0.15) is 11.3 Å². The lowest BCUT2D eigenvalue weighted by atomic mass is 10.1. The molecule has 1 aromatic heterocycles. The number of nitriles is 1. The van der Waals surface area contributed by atoms with Crippen molar-refractivity contribution in [3.05, 3.63) is 65.1 Å². The van der Waals surface area contributed by atoms with Gasteiger partial charge < -0.3 is 9.73 Å². The molecule has 0 spiro atoms. The Bertz CT molecular complexity index is 716. The normalized spacial score (nSPS) is 11.0. The summed E-state index contributed by atoms with van der Waals surface area (Å²) in [7, 11) is 0. The minimum atomic E-state index is -1.04. The third kappa shape index (κ3) is 3.76. The summed E-state index contributed by atoms with van der Waals surface area (Å²) >= 11 is 0. The minimum Gasteiger partial charge on any atom is -0.467 e. The second-order valence-electron chi connectivity index (χ2n) is 4.11. The topological polar surface area (TPSA) is 66.0 Å². The maximum Gasteiger partial charge on any atom is 0.262 e. The van der Waals surface area contributed by atoms with E-state index in [1.54, 1.807) is 18.2 Å². The fourth-order valence-corrected chi connectivity index (χ4v) is 1.59. The van der Waals surface area contributed by atoms with Crippen LogP contribution in [0.2, 0.25) is 0 Å². The number of halogens is 2. The number of amides is 1. The van der Waals surface area contributed by atoms with E-state index in [1.165, 1.54) is 18.4 Å². The van der Waals surface area contributed by atoms with Gasteiger partial charge in [-0.2, -0.15) is 5.26 Å². The molecule has 106 valence electrons. The molecule has 1 aromatic carbocycles. The Balaban J connectivity index is 2.10. The molecule has 0 fully saturated rings. The van der Waals surface area contributed by atoms with Crippen molar-refractivity contribution in [2.75, 3.05) is 0 Å². The van der Waals surface area contributed by atoms with Crippen LogP contribution in [0.4, 0.5) is 8.78 Å². The van der Waals surface area contributed by atoms with E-state index in [4.69, 9.17) is 9.68 Å². The Morgan fingerprint density at radius 2 is 2.14 bits per heavy atom. The van der Waals surface area contributed by atoms with Crippen molar-refractivity contribution in [2.24, 2.45) is 0 Å². The first-order valence-corrected chi connectivity index (χ1v) is 5.97. The lowest BCUT2D eigenvalue weighted by molar-refractivity contribution is -0.117. The predicted molar refractivity (Wildman–Crippen MR) is 70.5 cm³/mol. The van der Waals surface area contributed by atoms with Crippen molar-refractivity contribution < 1.29 is 18.0 Å². The van der Waals surface area contributed by atoms with Crippen LogP contribution in [0.5, 0.6) is 0 Å². The summed E-state index contributed by atoms with van der Waals surface area (Å²) in [5, 5.41) is 11.5. The second kappa shape index (κ2) is 6.48. The van der Waals surface area contributed by atoms with Crippen LogP contribution >= 0.6 is 0 Å². The highest BCUT2D eigenvalue weighted by atomic mass is 19.2.